The first-order valence-electron chi connectivity index (χ1n) is 3.67. The second-order valence-electron chi connectivity index (χ2n) is 2.63. The van der Waals surface area contributed by atoms with Gasteiger partial charge in [0.25, 0.3) is 0 Å². The highest BCUT2D eigenvalue weighted by Gasteiger charge is 2.20. The zero-order chi connectivity index (χ0) is 9.42. The molecule has 0 amide bonds. The van der Waals surface area contributed by atoms with Crippen molar-refractivity contribution in [1.82, 2.24) is 15.3 Å². The predicted octanol–water partition coefficient (Wildman–Crippen LogP) is -1.39. The fourth-order valence-corrected chi connectivity index (χ4v) is 1.17. The smallest absolute Gasteiger partial charge is 0.218 e. The molecule has 0 aromatic carbocycles. The molecule has 13 heavy (non-hydrogen) atoms. The normalized spacial score (nSPS) is 21.5. The molecule has 0 saturated heterocycles. The summed E-state index contributed by atoms with van der Waals surface area (Å²) in [7, 11) is 0. The highest BCUT2D eigenvalue weighted by atomic mass is 15.2. The van der Waals surface area contributed by atoms with Gasteiger partial charge in [-0.25, -0.2) is 4.98 Å². The van der Waals surface area contributed by atoms with E-state index in [0.717, 1.165) is 0 Å². The molecule has 68 valence electrons. The van der Waals surface area contributed by atoms with E-state index in [0.29, 0.717) is 11.4 Å². The van der Waals surface area contributed by atoms with Gasteiger partial charge in [0.05, 0.1) is 6.33 Å². The van der Waals surface area contributed by atoms with Crippen molar-refractivity contribution in [3.8, 4) is 0 Å². The number of aromatic amines is 1. The molecular weight excluding hydrogens is 170 g/mol. The van der Waals surface area contributed by atoms with Crippen molar-refractivity contribution < 1.29 is 0 Å². The number of hydrogen-bond acceptors (Lipinski definition) is 4. The third kappa shape index (κ3) is 1.14. The minimum absolute atomic E-state index is 0.0589. The molecule has 1 aliphatic rings. The van der Waals surface area contributed by atoms with E-state index < -0.39 is 6.17 Å². The number of guanidine groups is 1. The molecular formula is C6H9N7. The molecule has 1 aliphatic heterocycles. The van der Waals surface area contributed by atoms with Gasteiger partial charge in [-0.3, -0.25) is 5.41 Å². The van der Waals surface area contributed by atoms with Crippen molar-refractivity contribution in [2.24, 2.45) is 16.5 Å². The summed E-state index contributed by atoms with van der Waals surface area (Å²) in [6, 6.07) is 0. The van der Waals surface area contributed by atoms with E-state index in [1.165, 1.54) is 6.33 Å². The molecule has 2 heterocycles. The van der Waals surface area contributed by atoms with E-state index >= 15 is 0 Å². The SMILES string of the molecule is N=C1N=C(N)c2[nH]cnc2C(N)N1. The van der Waals surface area contributed by atoms with E-state index in [4.69, 9.17) is 16.9 Å². The molecule has 0 bridgehead atoms. The molecule has 7 N–H and O–H groups in total. The Hall–Kier alpha value is -1.89. The van der Waals surface area contributed by atoms with Gasteiger partial charge in [0, 0.05) is 0 Å². The van der Waals surface area contributed by atoms with E-state index in [1.54, 1.807) is 0 Å². The van der Waals surface area contributed by atoms with Gasteiger partial charge in [-0.05, 0) is 0 Å². The topological polar surface area (TPSA) is 129 Å². The Balaban J connectivity index is 2.55. The van der Waals surface area contributed by atoms with Crippen LogP contribution in [0.1, 0.15) is 17.6 Å². The first-order valence-corrected chi connectivity index (χ1v) is 3.67. The average molecular weight is 179 g/mol. The van der Waals surface area contributed by atoms with Crippen LogP contribution < -0.4 is 16.8 Å². The number of nitrogens with two attached hydrogens (primary N) is 2. The van der Waals surface area contributed by atoms with Crippen LogP contribution in [-0.4, -0.2) is 21.8 Å². The molecule has 0 radical (unpaired) electrons. The number of nitrogens with zero attached hydrogens (tertiary/aromatic N) is 2. The lowest BCUT2D eigenvalue weighted by Crippen LogP contribution is -2.32. The molecule has 0 saturated carbocycles. The van der Waals surface area contributed by atoms with Gasteiger partial charge in [0.15, 0.2) is 5.84 Å². The van der Waals surface area contributed by atoms with Crippen molar-refractivity contribution in [3.05, 3.63) is 17.7 Å². The van der Waals surface area contributed by atoms with Gasteiger partial charge in [-0.1, -0.05) is 0 Å². The number of amidine groups is 1. The maximum atomic E-state index is 7.30. The minimum atomic E-state index is -0.543. The van der Waals surface area contributed by atoms with Crippen molar-refractivity contribution in [2.45, 2.75) is 6.17 Å². The second-order valence-corrected chi connectivity index (χ2v) is 2.63. The molecule has 1 atom stereocenters. The van der Waals surface area contributed by atoms with Gasteiger partial charge >= 0.3 is 0 Å². The second kappa shape index (κ2) is 2.56. The average Bonchev–Trinajstić information content (AvgIpc) is 2.47. The molecule has 1 unspecified atom stereocenters. The summed E-state index contributed by atoms with van der Waals surface area (Å²) in [6.07, 6.45) is 0.947. The van der Waals surface area contributed by atoms with Gasteiger partial charge in [-0.2, -0.15) is 4.99 Å². The zero-order valence-corrected chi connectivity index (χ0v) is 6.70. The standard InChI is InChI=1S/C6H9N7/c7-4-2-3(11-1-10-2)5(8)13-6(9)12-4/h1,4H,7H2,(H,10,11)(H4,8,9,12,13). The van der Waals surface area contributed by atoms with E-state index in [2.05, 4.69) is 20.3 Å². The highest BCUT2D eigenvalue weighted by Crippen LogP contribution is 2.11. The van der Waals surface area contributed by atoms with E-state index in [1.807, 2.05) is 0 Å². The maximum Gasteiger partial charge on any atom is 0.218 e. The molecule has 0 aliphatic carbocycles. The lowest BCUT2D eigenvalue weighted by Gasteiger charge is -2.08. The monoisotopic (exact) mass is 179 g/mol. The van der Waals surface area contributed by atoms with Gasteiger partial charge in [-0.15, -0.1) is 0 Å². The summed E-state index contributed by atoms with van der Waals surface area (Å²) >= 11 is 0. The highest BCUT2D eigenvalue weighted by molar-refractivity contribution is 6.04. The molecule has 1 aromatic heterocycles. The molecule has 7 heteroatoms. The van der Waals surface area contributed by atoms with E-state index in [-0.39, 0.29) is 11.8 Å². The van der Waals surface area contributed by atoms with E-state index in [9.17, 15) is 0 Å². The van der Waals surface area contributed by atoms with Crippen LogP contribution in [0.5, 0.6) is 0 Å². The van der Waals surface area contributed by atoms with Crippen LogP contribution in [-0.2, 0) is 0 Å². The van der Waals surface area contributed by atoms with Crippen LogP contribution in [0.3, 0.4) is 0 Å². The fraction of sp³-hybridized carbons (Fsp3) is 0.167. The van der Waals surface area contributed by atoms with Crippen LogP contribution in [0.25, 0.3) is 0 Å². The Morgan fingerprint density at radius 2 is 2.31 bits per heavy atom. The van der Waals surface area contributed by atoms with Crippen LogP contribution in [0, 0.1) is 5.41 Å². The van der Waals surface area contributed by atoms with Crippen molar-refractivity contribution in [2.75, 3.05) is 0 Å². The van der Waals surface area contributed by atoms with Crippen LogP contribution in [0.15, 0.2) is 11.3 Å². The predicted molar refractivity (Wildman–Crippen MR) is 47.1 cm³/mol. The lowest BCUT2D eigenvalue weighted by atomic mass is 10.2. The first-order chi connectivity index (χ1) is 6.18. The van der Waals surface area contributed by atoms with Crippen LogP contribution in [0.2, 0.25) is 0 Å². The number of hydrogen-bond donors (Lipinski definition) is 5. The fourth-order valence-electron chi connectivity index (χ4n) is 1.17. The molecule has 0 spiro atoms. The summed E-state index contributed by atoms with van der Waals surface area (Å²) in [5, 5.41) is 9.93. The number of imidazole rings is 1. The summed E-state index contributed by atoms with van der Waals surface area (Å²) < 4.78 is 0. The molecule has 7 nitrogen and oxygen atoms in total. The zero-order valence-electron chi connectivity index (χ0n) is 6.70. The lowest BCUT2D eigenvalue weighted by molar-refractivity contribution is 0.659. The summed E-state index contributed by atoms with van der Waals surface area (Å²) in [5.41, 5.74) is 12.4. The summed E-state index contributed by atoms with van der Waals surface area (Å²) in [4.78, 5) is 10.6. The molecule has 2 rings (SSSR count). The van der Waals surface area contributed by atoms with Crippen molar-refractivity contribution in [1.29, 1.82) is 5.41 Å². The Kier molecular flexibility index (Phi) is 1.52. The van der Waals surface area contributed by atoms with Crippen LogP contribution in [0.4, 0.5) is 0 Å². The minimum Gasteiger partial charge on any atom is -0.382 e. The number of nitrogens with one attached hydrogen (secondary N) is 3. The Morgan fingerprint density at radius 3 is 3.08 bits per heavy atom. The number of rotatable bonds is 0. The van der Waals surface area contributed by atoms with Gasteiger partial charge < -0.3 is 21.8 Å². The van der Waals surface area contributed by atoms with Crippen molar-refractivity contribution in [3.63, 3.8) is 0 Å². The number of H-pyrrole nitrogens is 1. The van der Waals surface area contributed by atoms with Crippen LogP contribution >= 0.6 is 0 Å². The number of aromatic nitrogens is 2. The first kappa shape index (κ1) is 7.74. The Labute approximate surface area is 73.8 Å². The molecule has 1 aromatic rings. The van der Waals surface area contributed by atoms with Crippen molar-refractivity contribution >= 4 is 11.8 Å². The number of fused-ring (bicyclic) bond motifs is 1. The third-order valence-electron chi connectivity index (χ3n) is 1.74. The van der Waals surface area contributed by atoms with Gasteiger partial charge in [0.1, 0.15) is 17.6 Å². The summed E-state index contributed by atoms with van der Waals surface area (Å²) in [5.74, 6) is 0.161. The Morgan fingerprint density at radius 1 is 1.54 bits per heavy atom. The largest absolute Gasteiger partial charge is 0.382 e. The van der Waals surface area contributed by atoms with Gasteiger partial charge in [0.2, 0.25) is 5.96 Å². The third-order valence-corrected chi connectivity index (χ3v) is 1.74. The Bertz CT molecular complexity index is 376. The summed E-state index contributed by atoms with van der Waals surface area (Å²) in [6.45, 7) is 0. The number of aliphatic imine (C=N–C) groups is 1. The quantitative estimate of drug-likeness (QED) is 0.335. The molecule has 0 fully saturated rings. The maximum absolute atomic E-state index is 7.30.